The molecule has 10 bridgehead atoms. The monoisotopic (exact) mass is 900 g/mol. The molecule has 0 saturated heterocycles. The van der Waals surface area contributed by atoms with Gasteiger partial charge in [0.1, 0.15) is 28.7 Å². The van der Waals surface area contributed by atoms with E-state index in [0.29, 0.717) is 0 Å². The van der Waals surface area contributed by atoms with Crippen LogP contribution >= 0.6 is 58.8 Å². The van der Waals surface area contributed by atoms with E-state index in [1.807, 2.05) is 58.8 Å². The molecule has 5 aromatic carbocycles. The van der Waals surface area contributed by atoms with E-state index in [4.69, 9.17) is 23.7 Å². The van der Waals surface area contributed by atoms with Crippen molar-refractivity contribution in [2.24, 2.45) is 0 Å². The lowest BCUT2D eigenvalue weighted by Crippen LogP contribution is -1.99. The van der Waals surface area contributed by atoms with Gasteiger partial charge in [0.2, 0.25) is 0 Å². The molecule has 0 saturated carbocycles. The summed E-state index contributed by atoms with van der Waals surface area (Å²) < 4.78 is 29.8. The Kier molecular flexibility index (Phi) is 17.2. The van der Waals surface area contributed by atoms with Gasteiger partial charge < -0.3 is 23.7 Å². The van der Waals surface area contributed by atoms with Crippen LogP contribution in [0.15, 0.2) is 60.7 Å². The predicted octanol–water partition coefficient (Wildman–Crippen LogP) is 13.8. The first kappa shape index (κ1) is 46.4. The van der Waals surface area contributed by atoms with Crippen molar-refractivity contribution in [2.75, 3.05) is 35.5 Å². The molecule has 0 amide bonds. The summed E-state index contributed by atoms with van der Waals surface area (Å²) in [6.45, 7) is 11.1. The molecule has 0 N–H and O–H groups in total. The topological polar surface area (TPSA) is 46.2 Å². The first-order valence-corrected chi connectivity index (χ1v) is 26.0. The highest BCUT2D eigenvalue weighted by atomic mass is 32.2. The second kappa shape index (κ2) is 22.3. The van der Waals surface area contributed by atoms with Crippen molar-refractivity contribution in [3.63, 3.8) is 0 Å². The molecule has 0 aromatic heterocycles. The lowest BCUT2D eigenvalue weighted by molar-refractivity contribution is 0.410. The molecular formula is C50H60O5S5. The van der Waals surface area contributed by atoms with Crippen LogP contribution in [0.3, 0.4) is 0 Å². The molecule has 60 heavy (non-hydrogen) atoms. The second-order valence-corrected chi connectivity index (χ2v) is 20.3. The molecule has 0 atom stereocenters. The van der Waals surface area contributed by atoms with E-state index in [1.54, 1.807) is 35.5 Å². The summed E-state index contributed by atoms with van der Waals surface area (Å²) in [5.41, 5.74) is 19.2. The molecule has 0 fully saturated rings. The van der Waals surface area contributed by atoms with Gasteiger partial charge in [0, 0.05) is 85.3 Å². The largest absolute Gasteiger partial charge is 0.496 e. The highest BCUT2D eigenvalue weighted by Crippen LogP contribution is 2.38. The van der Waals surface area contributed by atoms with E-state index >= 15 is 0 Å². The Balaban J connectivity index is 1.26. The van der Waals surface area contributed by atoms with Crippen LogP contribution in [0.4, 0.5) is 0 Å². The third kappa shape index (κ3) is 11.6. The third-order valence-corrected chi connectivity index (χ3v) is 16.4. The molecular weight excluding hydrogens is 841 g/mol. The predicted molar refractivity (Wildman–Crippen MR) is 264 cm³/mol. The fourth-order valence-electron chi connectivity index (χ4n) is 7.60. The maximum atomic E-state index is 5.96. The van der Waals surface area contributed by atoms with Crippen LogP contribution in [-0.2, 0) is 57.5 Å². The molecule has 5 aromatic rings. The van der Waals surface area contributed by atoms with Gasteiger partial charge >= 0.3 is 0 Å². The molecule has 320 valence electrons. The van der Waals surface area contributed by atoms with Gasteiger partial charge in [-0.05, 0) is 121 Å². The van der Waals surface area contributed by atoms with Gasteiger partial charge in [-0.3, -0.25) is 0 Å². The fraction of sp³-hybridized carbons (Fsp3) is 0.400. The number of thioether (sulfide) groups is 5. The van der Waals surface area contributed by atoms with Gasteiger partial charge in [-0.25, -0.2) is 0 Å². The van der Waals surface area contributed by atoms with Crippen LogP contribution in [0.2, 0.25) is 0 Å². The summed E-state index contributed by atoms with van der Waals surface area (Å²) >= 11 is 9.59. The van der Waals surface area contributed by atoms with Gasteiger partial charge in [0.25, 0.3) is 0 Å². The summed E-state index contributed by atoms with van der Waals surface area (Å²) in [5, 5.41) is 0. The van der Waals surface area contributed by atoms with Gasteiger partial charge in [-0.15, -0.1) is 0 Å². The molecule has 10 aliphatic heterocycles. The van der Waals surface area contributed by atoms with E-state index in [1.165, 1.54) is 83.5 Å². The van der Waals surface area contributed by atoms with Crippen molar-refractivity contribution in [1.29, 1.82) is 0 Å². The van der Waals surface area contributed by atoms with E-state index < -0.39 is 0 Å². The van der Waals surface area contributed by atoms with Crippen molar-refractivity contribution >= 4 is 58.8 Å². The lowest BCUT2D eigenvalue weighted by Gasteiger charge is -2.16. The molecule has 0 spiro atoms. The zero-order valence-corrected chi connectivity index (χ0v) is 41.0. The summed E-state index contributed by atoms with van der Waals surface area (Å²) in [6.07, 6.45) is 0. The number of hydrogen-bond acceptors (Lipinski definition) is 10. The molecule has 0 unspecified atom stereocenters. The molecule has 10 heteroatoms. The Bertz CT molecular complexity index is 2270. The molecule has 0 radical (unpaired) electrons. The van der Waals surface area contributed by atoms with Crippen LogP contribution in [0.5, 0.6) is 28.7 Å². The maximum Gasteiger partial charge on any atom is 0.123 e. The maximum absolute atomic E-state index is 5.96. The number of aryl methyl sites for hydroxylation is 5. The van der Waals surface area contributed by atoms with Gasteiger partial charge in [-0.1, -0.05) is 30.3 Å². The molecule has 10 heterocycles. The van der Waals surface area contributed by atoms with E-state index in [-0.39, 0.29) is 0 Å². The Labute approximate surface area is 380 Å². The number of methoxy groups -OCH3 is 5. The standard InChI is InChI=1S/C50H60O5S5/c1-31-11-41-26-57-23-38-18-48(53-8)43(13-33(38)3)28-59-25-40-20-50(55-10)45(15-35(40)5)30-60-29-44-14-34(4)39(19-49(44)54-9)24-58-27-42-12-32(2)37(17-47(42)52-7)22-56-21-36(31)16-46(41)51-6/h11-20H,21-30H2,1-10H3. The number of ether oxygens (including phenoxy) is 5. The van der Waals surface area contributed by atoms with E-state index in [2.05, 4.69) is 95.3 Å². The quantitative estimate of drug-likeness (QED) is 0.170. The van der Waals surface area contributed by atoms with Crippen LogP contribution in [0, 0.1) is 34.6 Å². The number of benzene rings is 5. The van der Waals surface area contributed by atoms with Crippen LogP contribution < -0.4 is 23.7 Å². The summed E-state index contributed by atoms with van der Waals surface area (Å²) in [5.74, 6) is 13.6. The average Bonchev–Trinajstić information content (AvgIpc) is 3.23. The smallest absolute Gasteiger partial charge is 0.123 e. The van der Waals surface area contributed by atoms with E-state index in [9.17, 15) is 0 Å². The Morgan fingerprint density at radius 2 is 0.400 bits per heavy atom. The Morgan fingerprint density at radius 1 is 0.250 bits per heavy atom. The van der Waals surface area contributed by atoms with Crippen LogP contribution in [0.1, 0.15) is 83.5 Å². The van der Waals surface area contributed by atoms with Crippen molar-refractivity contribution < 1.29 is 23.7 Å². The zero-order chi connectivity index (χ0) is 42.8. The minimum absolute atomic E-state index is 0.858. The van der Waals surface area contributed by atoms with Crippen molar-refractivity contribution in [3.8, 4) is 28.7 Å². The van der Waals surface area contributed by atoms with Crippen LogP contribution in [-0.4, -0.2) is 35.5 Å². The third-order valence-electron chi connectivity index (χ3n) is 11.3. The Morgan fingerprint density at radius 3 is 0.550 bits per heavy atom. The van der Waals surface area contributed by atoms with Crippen molar-refractivity contribution in [2.45, 2.75) is 92.1 Å². The highest BCUT2D eigenvalue weighted by Gasteiger charge is 2.16. The average molecular weight is 901 g/mol. The van der Waals surface area contributed by atoms with Crippen molar-refractivity contribution in [3.05, 3.63) is 144 Å². The SMILES string of the molecule is COc1cc2c(C)cc1CSCc1cc(OC)c(cc1C)CSCc1cc(OC)c(cc1C)CSCc1cc(C)c(cc1OC)CSCc1cc(C)c(cc1OC)CSC2. The molecule has 10 aliphatic rings. The van der Waals surface area contributed by atoms with Crippen molar-refractivity contribution in [1.82, 2.24) is 0 Å². The van der Waals surface area contributed by atoms with Gasteiger partial charge in [0.15, 0.2) is 0 Å². The normalized spacial score (nSPS) is 14.5. The summed E-state index contributed by atoms with van der Waals surface area (Å²) in [6, 6.07) is 22.8. The first-order valence-electron chi connectivity index (χ1n) is 20.3. The second-order valence-electron chi connectivity index (χ2n) is 15.4. The lowest BCUT2D eigenvalue weighted by atomic mass is 10.1. The van der Waals surface area contributed by atoms with Crippen LogP contribution in [0.25, 0.3) is 0 Å². The zero-order valence-electron chi connectivity index (χ0n) is 36.9. The molecule has 5 nitrogen and oxygen atoms in total. The molecule has 0 aliphatic carbocycles. The summed E-state index contributed by atoms with van der Waals surface area (Å²) in [4.78, 5) is 0. The number of rotatable bonds is 5. The summed E-state index contributed by atoms with van der Waals surface area (Å²) in [7, 11) is 8.92. The number of hydrogen-bond donors (Lipinski definition) is 0. The first-order chi connectivity index (χ1) is 29.0. The van der Waals surface area contributed by atoms with Gasteiger partial charge in [-0.2, -0.15) is 58.8 Å². The minimum Gasteiger partial charge on any atom is -0.496 e. The highest BCUT2D eigenvalue weighted by molar-refractivity contribution is 7.98. The van der Waals surface area contributed by atoms with Gasteiger partial charge in [0.05, 0.1) is 35.5 Å². The molecule has 15 rings (SSSR count). The fourth-order valence-corrected chi connectivity index (χ4v) is 13.0. The minimum atomic E-state index is 0.858. The Hall–Kier alpha value is -3.15. The van der Waals surface area contributed by atoms with E-state index in [0.717, 1.165) is 86.3 Å².